The molecular formula is C19H24Cl2N2O2. The predicted octanol–water partition coefficient (Wildman–Crippen LogP) is 4.10. The highest BCUT2D eigenvalue weighted by molar-refractivity contribution is 6.35. The van der Waals surface area contributed by atoms with E-state index in [2.05, 4.69) is 13.8 Å². The van der Waals surface area contributed by atoms with Gasteiger partial charge in [0.15, 0.2) is 0 Å². The molecule has 0 N–H and O–H groups in total. The van der Waals surface area contributed by atoms with Gasteiger partial charge in [-0.15, -0.1) is 0 Å². The third-order valence-corrected chi connectivity index (χ3v) is 5.53. The van der Waals surface area contributed by atoms with Gasteiger partial charge in [0.2, 0.25) is 5.91 Å². The summed E-state index contributed by atoms with van der Waals surface area (Å²) in [6.45, 7) is 6.52. The van der Waals surface area contributed by atoms with Gasteiger partial charge in [0.1, 0.15) is 6.04 Å². The van der Waals surface area contributed by atoms with Crippen LogP contribution in [0.2, 0.25) is 10.0 Å². The van der Waals surface area contributed by atoms with E-state index in [0.717, 1.165) is 32.4 Å². The Hall–Kier alpha value is -1.26. The minimum Gasteiger partial charge on any atom is -0.340 e. The van der Waals surface area contributed by atoms with Crippen molar-refractivity contribution in [2.75, 3.05) is 19.6 Å². The van der Waals surface area contributed by atoms with E-state index in [9.17, 15) is 9.59 Å². The molecule has 0 radical (unpaired) electrons. The molecule has 0 saturated carbocycles. The maximum absolute atomic E-state index is 13.1. The first-order valence-corrected chi connectivity index (χ1v) is 9.66. The van der Waals surface area contributed by atoms with Gasteiger partial charge in [-0.25, -0.2) is 0 Å². The third-order valence-electron chi connectivity index (χ3n) is 5.09. The summed E-state index contributed by atoms with van der Waals surface area (Å²) < 4.78 is 0. The fourth-order valence-corrected chi connectivity index (χ4v) is 4.69. The third kappa shape index (κ3) is 4.12. The van der Waals surface area contributed by atoms with Gasteiger partial charge in [0.05, 0.1) is 0 Å². The number of halogens is 2. The van der Waals surface area contributed by atoms with Crippen LogP contribution in [0.3, 0.4) is 0 Å². The van der Waals surface area contributed by atoms with Gasteiger partial charge in [0, 0.05) is 35.2 Å². The minimum atomic E-state index is -0.372. The molecule has 4 nitrogen and oxygen atoms in total. The Balaban J connectivity index is 1.77. The van der Waals surface area contributed by atoms with Crippen LogP contribution in [0.15, 0.2) is 18.2 Å². The Bertz CT molecular complexity index is 649. The summed E-state index contributed by atoms with van der Waals surface area (Å²) in [5.41, 5.74) is 0.442. The Morgan fingerprint density at radius 3 is 2.24 bits per heavy atom. The lowest BCUT2D eigenvalue weighted by Gasteiger charge is -2.38. The van der Waals surface area contributed by atoms with E-state index in [1.807, 2.05) is 4.90 Å². The normalized spacial score (nSPS) is 26.8. The van der Waals surface area contributed by atoms with Gasteiger partial charge in [-0.2, -0.15) is 0 Å². The van der Waals surface area contributed by atoms with Gasteiger partial charge in [0.25, 0.3) is 5.91 Å². The Labute approximate surface area is 159 Å². The molecule has 1 aromatic rings. The molecular weight excluding hydrogens is 359 g/mol. The zero-order valence-corrected chi connectivity index (χ0v) is 16.2. The quantitative estimate of drug-likeness (QED) is 0.772. The molecule has 3 atom stereocenters. The van der Waals surface area contributed by atoms with Crippen molar-refractivity contribution in [3.8, 4) is 0 Å². The van der Waals surface area contributed by atoms with Crippen LogP contribution in [0.4, 0.5) is 0 Å². The van der Waals surface area contributed by atoms with Crippen molar-refractivity contribution in [2.24, 2.45) is 11.8 Å². The SMILES string of the molecule is CC1CC(C)CN(C(=O)C2CCCN2C(=O)c2cc(Cl)cc(Cl)c2)C1. The highest BCUT2D eigenvalue weighted by Gasteiger charge is 2.38. The molecule has 2 heterocycles. The summed E-state index contributed by atoms with van der Waals surface area (Å²) in [6, 6.07) is 4.45. The van der Waals surface area contributed by atoms with Crippen molar-refractivity contribution in [3.05, 3.63) is 33.8 Å². The zero-order valence-electron chi connectivity index (χ0n) is 14.7. The molecule has 2 aliphatic heterocycles. The molecule has 2 saturated heterocycles. The van der Waals surface area contributed by atoms with Crippen molar-refractivity contribution in [1.82, 2.24) is 9.80 Å². The summed E-state index contributed by atoms with van der Waals surface area (Å²) in [4.78, 5) is 29.6. The fraction of sp³-hybridized carbons (Fsp3) is 0.579. The first-order chi connectivity index (χ1) is 11.8. The maximum Gasteiger partial charge on any atom is 0.254 e. The Morgan fingerprint density at radius 1 is 1.04 bits per heavy atom. The highest BCUT2D eigenvalue weighted by atomic mass is 35.5. The van der Waals surface area contributed by atoms with Crippen molar-refractivity contribution < 1.29 is 9.59 Å². The second-order valence-electron chi connectivity index (χ2n) is 7.50. The van der Waals surface area contributed by atoms with E-state index < -0.39 is 0 Å². The number of benzene rings is 1. The smallest absolute Gasteiger partial charge is 0.254 e. The molecule has 0 bridgehead atoms. The van der Waals surface area contributed by atoms with Crippen LogP contribution in [0, 0.1) is 11.8 Å². The van der Waals surface area contributed by atoms with Crippen LogP contribution in [0.25, 0.3) is 0 Å². The topological polar surface area (TPSA) is 40.6 Å². The first-order valence-electron chi connectivity index (χ1n) is 8.91. The lowest BCUT2D eigenvalue weighted by atomic mass is 9.91. The molecule has 2 aliphatic rings. The van der Waals surface area contributed by atoms with E-state index in [1.165, 1.54) is 0 Å². The van der Waals surface area contributed by atoms with Gasteiger partial charge < -0.3 is 9.80 Å². The minimum absolute atomic E-state index is 0.0809. The summed E-state index contributed by atoms with van der Waals surface area (Å²) in [6.07, 6.45) is 2.71. The van der Waals surface area contributed by atoms with Crippen molar-refractivity contribution in [1.29, 1.82) is 0 Å². The van der Waals surface area contributed by atoms with Gasteiger partial charge in [-0.3, -0.25) is 9.59 Å². The molecule has 3 rings (SSSR count). The standard InChI is InChI=1S/C19H24Cl2N2O2/c1-12-6-13(2)11-22(10-12)19(25)17-4-3-5-23(17)18(24)14-7-15(20)9-16(21)8-14/h7-9,12-13,17H,3-6,10-11H2,1-2H3. The number of rotatable bonds is 2. The number of hydrogen-bond donors (Lipinski definition) is 0. The van der Waals surface area contributed by atoms with Crippen LogP contribution in [-0.4, -0.2) is 47.3 Å². The van der Waals surface area contributed by atoms with Crippen LogP contribution in [0.1, 0.15) is 43.5 Å². The largest absolute Gasteiger partial charge is 0.340 e. The van der Waals surface area contributed by atoms with Crippen LogP contribution >= 0.6 is 23.2 Å². The molecule has 2 fully saturated rings. The second kappa shape index (κ2) is 7.55. The average Bonchev–Trinajstić information content (AvgIpc) is 3.01. The van der Waals surface area contributed by atoms with Gasteiger partial charge >= 0.3 is 0 Å². The summed E-state index contributed by atoms with van der Waals surface area (Å²) in [5, 5.41) is 0.855. The summed E-state index contributed by atoms with van der Waals surface area (Å²) in [5.74, 6) is 0.922. The average molecular weight is 383 g/mol. The van der Waals surface area contributed by atoms with Crippen molar-refractivity contribution in [3.63, 3.8) is 0 Å². The molecule has 6 heteroatoms. The number of amides is 2. The number of carbonyl (C=O) groups excluding carboxylic acids is 2. The summed E-state index contributed by atoms with van der Waals surface area (Å²) >= 11 is 12.0. The highest BCUT2D eigenvalue weighted by Crippen LogP contribution is 2.28. The van der Waals surface area contributed by atoms with Crippen molar-refractivity contribution in [2.45, 2.75) is 39.2 Å². The monoisotopic (exact) mass is 382 g/mol. The number of likely N-dealkylation sites (tertiary alicyclic amines) is 2. The second-order valence-corrected chi connectivity index (χ2v) is 8.38. The van der Waals surface area contributed by atoms with E-state index >= 15 is 0 Å². The van der Waals surface area contributed by atoms with Crippen molar-refractivity contribution >= 4 is 35.0 Å². The predicted molar refractivity (Wildman–Crippen MR) is 100 cm³/mol. The lowest BCUT2D eigenvalue weighted by molar-refractivity contribution is -0.138. The molecule has 1 aromatic carbocycles. The van der Waals surface area contributed by atoms with E-state index in [0.29, 0.717) is 34.0 Å². The molecule has 136 valence electrons. The van der Waals surface area contributed by atoms with E-state index in [-0.39, 0.29) is 17.9 Å². The molecule has 2 amide bonds. The lowest BCUT2D eigenvalue weighted by Crippen LogP contribution is -2.51. The molecule has 0 spiro atoms. The number of nitrogens with zero attached hydrogens (tertiary/aromatic N) is 2. The zero-order chi connectivity index (χ0) is 18.1. The van der Waals surface area contributed by atoms with E-state index in [4.69, 9.17) is 23.2 Å². The number of carbonyl (C=O) groups is 2. The molecule has 0 aliphatic carbocycles. The Kier molecular flexibility index (Phi) is 5.59. The van der Waals surface area contributed by atoms with Crippen LogP contribution in [-0.2, 0) is 4.79 Å². The number of piperidine rings is 1. The van der Waals surface area contributed by atoms with Crippen LogP contribution in [0.5, 0.6) is 0 Å². The van der Waals surface area contributed by atoms with E-state index in [1.54, 1.807) is 23.1 Å². The number of hydrogen-bond acceptors (Lipinski definition) is 2. The molecule has 3 unspecified atom stereocenters. The molecule has 25 heavy (non-hydrogen) atoms. The Morgan fingerprint density at radius 2 is 1.64 bits per heavy atom. The maximum atomic E-state index is 13.1. The first kappa shape index (κ1) is 18.5. The fourth-order valence-electron chi connectivity index (χ4n) is 4.16. The van der Waals surface area contributed by atoms with Gasteiger partial charge in [-0.1, -0.05) is 37.0 Å². The molecule has 0 aromatic heterocycles. The summed E-state index contributed by atoms with van der Waals surface area (Å²) in [7, 11) is 0. The van der Waals surface area contributed by atoms with Gasteiger partial charge in [-0.05, 0) is 49.3 Å². The van der Waals surface area contributed by atoms with Crippen LogP contribution < -0.4 is 0 Å².